The van der Waals surface area contributed by atoms with Gasteiger partial charge in [0, 0.05) is 18.9 Å². The van der Waals surface area contributed by atoms with Crippen LogP contribution in [0.4, 0.5) is 11.9 Å². The molecule has 2 heterocycles. The highest BCUT2D eigenvalue weighted by Crippen LogP contribution is 2.07. The molecular formula is C12H19N7. The number of nitrogens with one attached hydrogen (secondary N) is 1. The van der Waals surface area contributed by atoms with Crippen LogP contribution in [0.25, 0.3) is 5.95 Å². The second-order valence-corrected chi connectivity index (χ2v) is 4.27. The summed E-state index contributed by atoms with van der Waals surface area (Å²) in [7, 11) is 0. The third-order valence-corrected chi connectivity index (χ3v) is 2.69. The number of rotatable bonds is 7. The van der Waals surface area contributed by atoms with Crippen molar-refractivity contribution in [3.63, 3.8) is 0 Å². The predicted octanol–water partition coefficient (Wildman–Crippen LogP) is 1.63. The number of anilines is 2. The number of imidazole rings is 1. The minimum Gasteiger partial charge on any atom is -0.368 e. The van der Waals surface area contributed by atoms with E-state index in [-0.39, 0.29) is 5.95 Å². The van der Waals surface area contributed by atoms with Crippen molar-refractivity contribution in [2.75, 3.05) is 17.6 Å². The van der Waals surface area contributed by atoms with Gasteiger partial charge in [-0.2, -0.15) is 15.0 Å². The van der Waals surface area contributed by atoms with Gasteiger partial charge in [0.2, 0.25) is 17.8 Å². The standard InChI is InChI=1S/C12H19N7/c1-2-3-4-5-6-15-11-16-10(13)17-12(18-11)19-8-7-14-9-19/h7-9H,2-6H2,1H3,(H3,13,15,16,17,18). The lowest BCUT2D eigenvalue weighted by Gasteiger charge is -2.07. The van der Waals surface area contributed by atoms with Gasteiger partial charge >= 0.3 is 0 Å². The zero-order chi connectivity index (χ0) is 13.5. The first kappa shape index (κ1) is 13.3. The minimum atomic E-state index is 0.203. The summed E-state index contributed by atoms with van der Waals surface area (Å²) in [6.45, 7) is 3.03. The molecule has 0 bridgehead atoms. The molecule has 0 saturated carbocycles. The minimum absolute atomic E-state index is 0.203. The Morgan fingerprint density at radius 3 is 2.84 bits per heavy atom. The summed E-state index contributed by atoms with van der Waals surface area (Å²) in [5.41, 5.74) is 5.68. The van der Waals surface area contributed by atoms with Gasteiger partial charge in [-0.1, -0.05) is 26.2 Å². The summed E-state index contributed by atoms with van der Waals surface area (Å²) in [4.78, 5) is 16.4. The van der Waals surface area contributed by atoms with Gasteiger partial charge in [0.1, 0.15) is 6.33 Å². The van der Waals surface area contributed by atoms with E-state index in [0.29, 0.717) is 11.9 Å². The van der Waals surface area contributed by atoms with Crippen molar-refractivity contribution >= 4 is 11.9 Å². The SMILES string of the molecule is CCCCCCNc1nc(N)nc(-n2ccnc2)n1. The molecule has 3 N–H and O–H groups in total. The first-order chi connectivity index (χ1) is 9.29. The summed E-state index contributed by atoms with van der Waals surface area (Å²) in [5, 5.41) is 3.17. The molecule has 0 fully saturated rings. The molecule has 0 radical (unpaired) electrons. The van der Waals surface area contributed by atoms with Crippen LogP contribution in [0.1, 0.15) is 32.6 Å². The molecule has 0 atom stereocenters. The largest absolute Gasteiger partial charge is 0.368 e. The van der Waals surface area contributed by atoms with Crippen molar-refractivity contribution in [1.82, 2.24) is 24.5 Å². The van der Waals surface area contributed by atoms with Gasteiger partial charge in [-0.3, -0.25) is 4.57 Å². The topological polar surface area (TPSA) is 94.5 Å². The molecule has 0 spiro atoms. The quantitative estimate of drug-likeness (QED) is 0.736. The highest BCUT2D eigenvalue weighted by molar-refractivity contribution is 5.34. The van der Waals surface area contributed by atoms with Crippen LogP contribution in [0.15, 0.2) is 18.7 Å². The Labute approximate surface area is 112 Å². The molecule has 0 aliphatic carbocycles. The molecule has 0 aromatic carbocycles. The summed E-state index contributed by atoms with van der Waals surface area (Å²) in [6.07, 6.45) is 9.83. The molecule has 102 valence electrons. The van der Waals surface area contributed by atoms with E-state index in [2.05, 4.69) is 32.2 Å². The predicted molar refractivity (Wildman–Crippen MR) is 74.0 cm³/mol. The van der Waals surface area contributed by atoms with Gasteiger partial charge in [-0.05, 0) is 6.42 Å². The summed E-state index contributed by atoms with van der Waals surface area (Å²) in [5.74, 6) is 1.18. The van der Waals surface area contributed by atoms with E-state index < -0.39 is 0 Å². The molecule has 2 aromatic heterocycles. The maximum Gasteiger partial charge on any atom is 0.241 e. The zero-order valence-electron chi connectivity index (χ0n) is 11.1. The monoisotopic (exact) mass is 261 g/mol. The summed E-state index contributed by atoms with van der Waals surface area (Å²) in [6, 6.07) is 0. The maximum atomic E-state index is 5.68. The fourth-order valence-corrected chi connectivity index (χ4v) is 1.70. The number of nitrogens with two attached hydrogens (primary N) is 1. The van der Waals surface area contributed by atoms with E-state index in [1.54, 1.807) is 23.3 Å². The van der Waals surface area contributed by atoms with Crippen molar-refractivity contribution in [3.05, 3.63) is 18.7 Å². The Bertz CT molecular complexity index is 495. The number of hydrogen-bond donors (Lipinski definition) is 2. The summed E-state index contributed by atoms with van der Waals surface area (Å²) >= 11 is 0. The fourth-order valence-electron chi connectivity index (χ4n) is 1.70. The van der Waals surface area contributed by atoms with Crippen LogP contribution in [0.2, 0.25) is 0 Å². The van der Waals surface area contributed by atoms with Crippen molar-refractivity contribution < 1.29 is 0 Å². The van der Waals surface area contributed by atoms with Crippen LogP contribution < -0.4 is 11.1 Å². The van der Waals surface area contributed by atoms with Crippen LogP contribution in [-0.4, -0.2) is 31.0 Å². The van der Waals surface area contributed by atoms with Crippen molar-refractivity contribution in [2.24, 2.45) is 0 Å². The molecule has 19 heavy (non-hydrogen) atoms. The van der Waals surface area contributed by atoms with Crippen LogP contribution >= 0.6 is 0 Å². The molecule has 2 aromatic rings. The third kappa shape index (κ3) is 3.90. The number of aromatic nitrogens is 5. The maximum absolute atomic E-state index is 5.68. The Balaban J connectivity index is 1.97. The number of nitrogens with zero attached hydrogens (tertiary/aromatic N) is 5. The van der Waals surface area contributed by atoms with E-state index >= 15 is 0 Å². The Morgan fingerprint density at radius 1 is 1.21 bits per heavy atom. The second kappa shape index (κ2) is 6.67. The first-order valence-electron chi connectivity index (χ1n) is 6.53. The van der Waals surface area contributed by atoms with E-state index in [9.17, 15) is 0 Å². The highest BCUT2D eigenvalue weighted by atomic mass is 15.3. The lowest BCUT2D eigenvalue weighted by Crippen LogP contribution is -2.11. The van der Waals surface area contributed by atoms with E-state index in [4.69, 9.17) is 5.73 Å². The van der Waals surface area contributed by atoms with E-state index in [1.165, 1.54) is 19.3 Å². The molecule has 0 aliphatic rings. The molecule has 0 aliphatic heterocycles. The molecule has 7 heteroatoms. The van der Waals surface area contributed by atoms with Gasteiger partial charge in [0.15, 0.2) is 0 Å². The first-order valence-corrected chi connectivity index (χ1v) is 6.53. The van der Waals surface area contributed by atoms with Gasteiger partial charge in [-0.15, -0.1) is 0 Å². The van der Waals surface area contributed by atoms with Crippen LogP contribution in [0.5, 0.6) is 0 Å². The van der Waals surface area contributed by atoms with Crippen molar-refractivity contribution in [3.8, 4) is 5.95 Å². The van der Waals surface area contributed by atoms with E-state index in [1.807, 2.05) is 0 Å². The third-order valence-electron chi connectivity index (χ3n) is 2.69. The van der Waals surface area contributed by atoms with Crippen LogP contribution in [0.3, 0.4) is 0 Å². The average molecular weight is 261 g/mol. The number of hydrogen-bond acceptors (Lipinski definition) is 6. The number of nitrogen functional groups attached to an aromatic ring is 1. The average Bonchev–Trinajstić information content (AvgIpc) is 2.92. The Hall–Kier alpha value is -2.18. The van der Waals surface area contributed by atoms with Crippen LogP contribution in [0, 0.1) is 0 Å². The van der Waals surface area contributed by atoms with Crippen molar-refractivity contribution in [2.45, 2.75) is 32.6 Å². The van der Waals surface area contributed by atoms with Gasteiger partial charge in [0.25, 0.3) is 0 Å². The van der Waals surface area contributed by atoms with Gasteiger partial charge in [0.05, 0.1) is 0 Å². The number of unbranched alkanes of at least 4 members (excludes halogenated alkanes) is 3. The van der Waals surface area contributed by atoms with Gasteiger partial charge < -0.3 is 11.1 Å². The molecule has 7 nitrogen and oxygen atoms in total. The lowest BCUT2D eigenvalue weighted by atomic mass is 10.2. The molecule has 0 unspecified atom stereocenters. The Kier molecular flexibility index (Phi) is 4.66. The van der Waals surface area contributed by atoms with Gasteiger partial charge in [-0.25, -0.2) is 4.98 Å². The summed E-state index contributed by atoms with van der Waals surface area (Å²) < 4.78 is 1.69. The van der Waals surface area contributed by atoms with E-state index in [0.717, 1.165) is 13.0 Å². The van der Waals surface area contributed by atoms with Crippen molar-refractivity contribution in [1.29, 1.82) is 0 Å². The molecule has 2 rings (SSSR count). The smallest absolute Gasteiger partial charge is 0.241 e. The normalized spacial score (nSPS) is 10.6. The fraction of sp³-hybridized carbons (Fsp3) is 0.500. The molecule has 0 saturated heterocycles. The zero-order valence-corrected chi connectivity index (χ0v) is 11.1. The Morgan fingerprint density at radius 2 is 2.11 bits per heavy atom. The molecule has 0 amide bonds. The lowest BCUT2D eigenvalue weighted by molar-refractivity contribution is 0.683. The molecular weight excluding hydrogens is 242 g/mol. The van der Waals surface area contributed by atoms with Crippen LogP contribution in [-0.2, 0) is 0 Å². The second-order valence-electron chi connectivity index (χ2n) is 4.27. The highest BCUT2D eigenvalue weighted by Gasteiger charge is 2.05.